The van der Waals surface area contributed by atoms with Crippen LogP contribution in [-0.2, 0) is 0 Å². The van der Waals surface area contributed by atoms with E-state index >= 15 is 0 Å². The van der Waals surface area contributed by atoms with Crippen molar-refractivity contribution in [2.24, 2.45) is 0 Å². The van der Waals surface area contributed by atoms with Crippen LogP contribution >= 0.6 is 11.6 Å². The van der Waals surface area contributed by atoms with E-state index in [4.69, 9.17) is 11.6 Å². The Hall–Kier alpha value is -1.42. The third kappa shape index (κ3) is 3.03. The first-order valence-electron chi connectivity index (χ1n) is 5.26. The summed E-state index contributed by atoms with van der Waals surface area (Å²) in [6.07, 6.45) is 3.79. The molecule has 0 spiro atoms. The Bertz CT molecular complexity index is 426. The molecule has 92 valence electrons. The minimum atomic E-state index is -0.191. The highest BCUT2D eigenvalue weighted by Gasteiger charge is 2.25. The summed E-state index contributed by atoms with van der Waals surface area (Å²) in [5.74, 6) is 0.535. The van der Waals surface area contributed by atoms with Gasteiger partial charge in [-0.1, -0.05) is 17.7 Å². The SMILES string of the molecule is C=CCN(c1ncnc(Cl)c1C=O)C(C)(C)C. The molecule has 0 aliphatic rings. The Morgan fingerprint density at radius 1 is 1.47 bits per heavy atom. The minimum absolute atomic E-state index is 0.170. The number of hydrogen-bond donors (Lipinski definition) is 0. The normalized spacial score (nSPS) is 11.1. The van der Waals surface area contributed by atoms with Gasteiger partial charge in [0.1, 0.15) is 17.3 Å². The van der Waals surface area contributed by atoms with Gasteiger partial charge in [0.25, 0.3) is 0 Å². The molecule has 0 fully saturated rings. The Balaban J connectivity index is 3.32. The van der Waals surface area contributed by atoms with Crippen LogP contribution in [0.3, 0.4) is 0 Å². The molecule has 0 aliphatic heterocycles. The predicted molar refractivity (Wildman–Crippen MR) is 69.7 cm³/mol. The van der Waals surface area contributed by atoms with E-state index in [0.717, 1.165) is 0 Å². The van der Waals surface area contributed by atoms with Crippen molar-refractivity contribution in [3.05, 3.63) is 29.7 Å². The molecule has 0 saturated carbocycles. The Labute approximate surface area is 106 Å². The zero-order valence-corrected chi connectivity index (χ0v) is 11.0. The van der Waals surface area contributed by atoms with Crippen LogP contribution in [0, 0.1) is 0 Å². The van der Waals surface area contributed by atoms with Crippen molar-refractivity contribution in [1.82, 2.24) is 9.97 Å². The topological polar surface area (TPSA) is 46.1 Å². The second kappa shape index (κ2) is 5.27. The highest BCUT2D eigenvalue weighted by Crippen LogP contribution is 2.27. The quantitative estimate of drug-likeness (QED) is 0.470. The van der Waals surface area contributed by atoms with E-state index in [1.54, 1.807) is 6.08 Å². The fourth-order valence-electron chi connectivity index (χ4n) is 1.49. The number of halogens is 1. The average Bonchev–Trinajstić information content (AvgIpc) is 2.24. The summed E-state index contributed by atoms with van der Waals surface area (Å²) in [5.41, 5.74) is 0.120. The molecule has 0 aliphatic carbocycles. The first kappa shape index (κ1) is 13.6. The summed E-state index contributed by atoms with van der Waals surface area (Å²) >= 11 is 5.89. The van der Waals surface area contributed by atoms with E-state index in [2.05, 4.69) is 16.5 Å². The summed E-state index contributed by atoms with van der Waals surface area (Å²) in [4.78, 5) is 21.0. The van der Waals surface area contributed by atoms with Gasteiger partial charge in [0.05, 0.1) is 5.56 Å². The maximum atomic E-state index is 11.1. The van der Waals surface area contributed by atoms with E-state index in [1.165, 1.54) is 6.33 Å². The van der Waals surface area contributed by atoms with Crippen LogP contribution in [0.25, 0.3) is 0 Å². The smallest absolute Gasteiger partial charge is 0.156 e. The monoisotopic (exact) mass is 253 g/mol. The molecule has 4 nitrogen and oxygen atoms in total. The lowest BCUT2D eigenvalue weighted by molar-refractivity contribution is 0.112. The van der Waals surface area contributed by atoms with Crippen LogP contribution in [0.2, 0.25) is 5.15 Å². The number of rotatable bonds is 4. The number of aldehydes is 1. The number of carbonyl (C=O) groups excluding carboxylic acids is 1. The Morgan fingerprint density at radius 2 is 2.12 bits per heavy atom. The van der Waals surface area contributed by atoms with Crippen LogP contribution in [-0.4, -0.2) is 28.3 Å². The summed E-state index contributed by atoms with van der Waals surface area (Å²) in [7, 11) is 0. The molecule has 1 heterocycles. The van der Waals surface area contributed by atoms with Crippen LogP contribution in [0.15, 0.2) is 19.0 Å². The molecule has 1 aromatic rings. The van der Waals surface area contributed by atoms with Crippen molar-refractivity contribution in [2.75, 3.05) is 11.4 Å². The highest BCUT2D eigenvalue weighted by atomic mass is 35.5. The van der Waals surface area contributed by atoms with Crippen molar-refractivity contribution in [3.8, 4) is 0 Å². The molecule has 0 atom stereocenters. The lowest BCUT2D eigenvalue weighted by atomic mass is 10.1. The van der Waals surface area contributed by atoms with Gasteiger partial charge in [0, 0.05) is 12.1 Å². The van der Waals surface area contributed by atoms with E-state index in [1.807, 2.05) is 25.7 Å². The van der Waals surface area contributed by atoms with Gasteiger partial charge in [-0.2, -0.15) is 0 Å². The predicted octanol–water partition coefficient (Wildman–Crippen LogP) is 2.73. The Kier molecular flexibility index (Phi) is 4.23. The molecular formula is C12H16ClN3O. The Morgan fingerprint density at radius 3 is 2.59 bits per heavy atom. The molecule has 0 radical (unpaired) electrons. The van der Waals surface area contributed by atoms with Crippen molar-refractivity contribution < 1.29 is 4.79 Å². The molecule has 17 heavy (non-hydrogen) atoms. The molecule has 5 heteroatoms. The zero-order valence-electron chi connectivity index (χ0n) is 10.3. The van der Waals surface area contributed by atoms with Gasteiger partial charge >= 0.3 is 0 Å². The third-order valence-electron chi connectivity index (χ3n) is 2.31. The summed E-state index contributed by atoms with van der Waals surface area (Å²) in [6.45, 7) is 10.4. The maximum absolute atomic E-state index is 11.1. The minimum Gasteiger partial charge on any atom is -0.347 e. The second-order valence-corrected chi connectivity index (χ2v) is 4.95. The molecule has 0 unspecified atom stereocenters. The van der Waals surface area contributed by atoms with Gasteiger partial charge in [-0.05, 0) is 20.8 Å². The third-order valence-corrected chi connectivity index (χ3v) is 2.61. The lowest BCUT2D eigenvalue weighted by Crippen LogP contribution is -2.42. The van der Waals surface area contributed by atoms with Crippen LogP contribution in [0.5, 0.6) is 0 Å². The van der Waals surface area contributed by atoms with Gasteiger partial charge in [0.15, 0.2) is 6.29 Å². The molecule has 0 saturated heterocycles. The average molecular weight is 254 g/mol. The summed E-state index contributed by atoms with van der Waals surface area (Å²) in [5, 5.41) is 0.170. The first-order valence-corrected chi connectivity index (χ1v) is 5.63. The van der Waals surface area contributed by atoms with E-state index in [9.17, 15) is 4.79 Å². The number of anilines is 1. The fraction of sp³-hybridized carbons (Fsp3) is 0.417. The standard InChI is InChI=1S/C12H16ClN3O/c1-5-6-16(12(2,3)4)11-9(7-17)10(13)14-8-15-11/h5,7-8H,1,6H2,2-4H3. The lowest BCUT2D eigenvalue weighted by Gasteiger charge is -2.36. The molecule has 0 aromatic carbocycles. The molecule has 0 N–H and O–H groups in total. The van der Waals surface area contributed by atoms with E-state index in [-0.39, 0.29) is 10.7 Å². The van der Waals surface area contributed by atoms with Crippen molar-refractivity contribution in [1.29, 1.82) is 0 Å². The van der Waals surface area contributed by atoms with Crippen molar-refractivity contribution >= 4 is 23.7 Å². The van der Waals surface area contributed by atoms with Crippen molar-refractivity contribution in [2.45, 2.75) is 26.3 Å². The summed E-state index contributed by atoms with van der Waals surface area (Å²) < 4.78 is 0. The fourth-order valence-corrected chi connectivity index (χ4v) is 1.66. The number of hydrogen-bond acceptors (Lipinski definition) is 4. The molecule has 1 rings (SSSR count). The van der Waals surface area contributed by atoms with Gasteiger partial charge < -0.3 is 4.90 Å². The molecule has 0 bridgehead atoms. The largest absolute Gasteiger partial charge is 0.347 e. The molecular weight excluding hydrogens is 238 g/mol. The number of nitrogens with zero attached hydrogens (tertiary/aromatic N) is 3. The second-order valence-electron chi connectivity index (χ2n) is 4.59. The van der Waals surface area contributed by atoms with Gasteiger partial charge in [0.2, 0.25) is 0 Å². The van der Waals surface area contributed by atoms with Gasteiger partial charge in [-0.15, -0.1) is 6.58 Å². The molecule has 0 amide bonds. The van der Waals surface area contributed by atoms with Crippen LogP contribution in [0.4, 0.5) is 5.82 Å². The maximum Gasteiger partial charge on any atom is 0.156 e. The van der Waals surface area contributed by atoms with Gasteiger partial charge in [-0.25, -0.2) is 9.97 Å². The van der Waals surface area contributed by atoms with E-state index in [0.29, 0.717) is 24.2 Å². The van der Waals surface area contributed by atoms with Crippen molar-refractivity contribution in [3.63, 3.8) is 0 Å². The first-order chi connectivity index (χ1) is 7.91. The summed E-state index contributed by atoms with van der Waals surface area (Å²) in [6, 6.07) is 0. The number of carbonyl (C=O) groups is 1. The number of aromatic nitrogens is 2. The van der Waals surface area contributed by atoms with Crippen LogP contribution < -0.4 is 4.90 Å². The zero-order chi connectivity index (χ0) is 13.1. The van der Waals surface area contributed by atoms with E-state index < -0.39 is 0 Å². The van der Waals surface area contributed by atoms with Gasteiger partial charge in [-0.3, -0.25) is 4.79 Å². The molecule has 1 aromatic heterocycles. The highest BCUT2D eigenvalue weighted by molar-refractivity contribution is 6.32. The van der Waals surface area contributed by atoms with Crippen LogP contribution in [0.1, 0.15) is 31.1 Å².